The number of halogens is 1. The standard InChI is InChI=1S/C16H16ClNO2/c1-18(11-13-7-5-6-10-15(13)17)16(19)12-20-14-8-3-2-4-9-14/h2-10H,11-12H2,1H3. The summed E-state index contributed by atoms with van der Waals surface area (Å²) in [6, 6.07) is 16.8. The van der Waals surface area contributed by atoms with Crippen LogP contribution in [0.2, 0.25) is 5.02 Å². The maximum atomic E-state index is 12.0. The van der Waals surface area contributed by atoms with Gasteiger partial charge in [-0.25, -0.2) is 0 Å². The molecule has 0 fully saturated rings. The third-order valence-corrected chi connectivity index (χ3v) is 3.27. The summed E-state index contributed by atoms with van der Waals surface area (Å²) in [7, 11) is 1.74. The van der Waals surface area contributed by atoms with E-state index in [4.69, 9.17) is 16.3 Å². The second-order valence-electron chi connectivity index (χ2n) is 4.44. The average molecular weight is 290 g/mol. The van der Waals surface area contributed by atoms with Crippen molar-refractivity contribution in [2.45, 2.75) is 6.54 Å². The lowest BCUT2D eigenvalue weighted by Gasteiger charge is -2.18. The van der Waals surface area contributed by atoms with Crippen LogP contribution in [0.25, 0.3) is 0 Å². The Morgan fingerprint density at radius 3 is 2.45 bits per heavy atom. The highest BCUT2D eigenvalue weighted by Crippen LogP contribution is 2.16. The van der Waals surface area contributed by atoms with E-state index in [1.807, 2.05) is 54.6 Å². The molecule has 2 rings (SSSR count). The van der Waals surface area contributed by atoms with Crippen LogP contribution in [-0.2, 0) is 11.3 Å². The summed E-state index contributed by atoms with van der Waals surface area (Å²) in [5.41, 5.74) is 0.921. The van der Waals surface area contributed by atoms with Crippen LogP contribution in [0.4, 0.5) is 0 Å². The summed E-state index contributed by atoms with van der Waals surface area (Å²) in [5.74, 6) is 0.598. The molecule has 4 heteroatoms. The molecule has 0 heterocycles. The molecule has 0 bridgehead atoms. The van der Waals surface area contributed by atoms with Crippen LogP contribution in [0.15, 0.2) is 54.6 Å². The summed E-state index contributed by atoms with van der Waals surface area (Å²) < 4.78 is 5.43. The highest BCUT2D eigenvalue weighted by atomic mass is 35.5. The summed E-state index contributed by atoms with van der Waals surface area (Å²) in [5, 5.41) is 0.663. The van der Waals surface area contributed by atoms with Crippen LogP contribution in [0.5, 0.6) is 5.75 Å². The van der Waals surface area contributed by atoms with Crippen LogP contribution < -0.4 is 4.74 Å². The van der Waals surface area contributed by atoms with Gasteiger partial charge >= 0.3 is 0 Å². The second kappa shape index (κ2) is 6.96. The van der Waals surface area contributed by atoms with Gasteiger partial charge in [0.15, 0.2) is 6.61 Å². The van der Waals surface area contributed by atoms with Crippen molar-refractivity contribution >= 4 is 17.5 Å². The fourth-order valence-corrected chi connectivity index (χ4v) is 1.94. The smallest absolute Gasteiger partial charge is 0.260 e. The normalized spacial score (nSPS) is 10.1. The van der Waals surface area contributed by atoms with Gasteiger partial charge in [-0.05, 0) is 23.8 Å². The number of hydrogen-bond donors (Lipinski definition) is 0. The SMILES string of the molecule is CN(Cc1ccccc1Cl)C(=O)COc1ccccc1. The van der Waals surface area contributed by atoms with E-state index in [1.54, 1.807) is 11.9 Å². The van der Waals surface area contributed by atoms with E-state index in [-0.39, 0.29) is 12.5 Å². The van der Waals surface area contributed by atoms with Crippen molar-refractivity contribution < 1.29 is 9.53 Å². The molecule has 0 atom stereocenters. The molecule has 0 radical (unpaired) electrons. The zero-order valence-electron chi connectivity index (χ0n) is 11.3. The van der Waals surface area contributed by atoms with Gasteiger partial charge in [-0.2, -0.15) is 0 Å². The zero-order valence-corrected chi connectivity index (χ0v) is 12.0. The maximum absolute atomic E-state index is 12.0. The van der Waals surface area contributed by atoms with Gasteiger partial charge in [0.25, 0.3) is 5.91 Å². The van der Waals surface area contributed by atoms with Crippen molar-refractivity contribution in [1.82, 2.24) is 4.90 Å². The molecule has 104 valence electrons. The van der Waals surface area contributed by atoms with E-state index < -0.39 is 0 Å². The molecule has 0 N–H and O–H groups in total. The number of amides is 1. The predicted molar refractivity (Wildman–Crippen MR) is 79.9 cm³/mol. The number of rotatable bonds is 5. The number of ether oxygens (including phenoxy) is 1. The molecule has 0 saturated carbocycles. The Kier molecular flexibility index (Phi) is 5.02. The maximum Gasteiger partial charge on any atom is 0.260 e. The fourth-order valence-electron chi connectivity index (χ4n) is 1.74. The Labute approximate surface area is 123 Å². The van der Waals surface area contributed by atoms with Gasteiger partial charge in [0.2, 0.25) is 0 Å². The van der Waals surface area contributed by atoms with E-state index in [1.165, 1.54) is 0 Å². The third kappa shape index (κ3) is 4.00. The number of likely N-dealkylation sites (N-methyl/N-ethyl adjacent to an activating group) is 1. The van der Waals surface area contributed by atoms with E-state index in [0.717, 1.165) is 5.56 Å². The molecule has 3 nitrogen and oxygen atoms in total. The predicted octanol–water partition coefficient (Wildman–Crippen LogP) is 3.38. The van der Waals surface area contributed by atoms with Gasteiger partial charge < -0.3 is 9.64 Å². The van der Waals surface area contributed by atoms with Gasteiger partial charge in [0.1, 0.15) is 5.75 Å². The zero-order chi connectivity index (χ0) is 14.4. The minimum absolute atomic E-state index is 0.0188. The first-order chi connectivity index (χ1) is 9.66. The lowest BCUT2D eigenvalue weighted by atomic mass is 10.2. The number of benzene rings is 2. The first-order valence-electron chi connectivity index (χ1n) is 6.32. The molecule has 0 spiro atoms. The van der Waals surface area contributed by atoms with Gasteiger partial charge in [0.05, 0.1) is 0 Å². The van der Waals surface area contributed by atoms with Crippen LogP contribution >= 0.6 is 11.6 Å². The Morgan fingerprint density at radius 2 is 1.75 bits per heavy atom. The molecular weight excluding hydrogens is 274 g/mol. The van der Waals surface area contributed by atoms with Crippen molar-refractivity contribution in [2.75, 3.05) is 13.7 Å². The summed E-state index contributed by atoms with van der Waals surface area (Å²) in [6.07, 6.45) is 0. The van der Waals surface area contributed by atoms with Crippen molar-refractivity contribution in [3.63, 3.8) is 0 Å². The Morgan fingerprint density at radius 1 is 1.10 bits per heavy atom. The molecule has 0 aliphatic rings. The van der Waals surface area contributed by atoms with E-state index in [2.05, 4.69) is 0 Å². The molecule has 0 aliphatic heterocycles. The van der Waals surface area contributed by atoms with E-state index in [0.29, 0.717) is 17.3 Å². The van der Waals surface area contributed by atoms with Gasteiger partial charge in [0, 0.05) is 18.6 Å². The number of nitrogens with zero attached hydrogens (tertiary/aromatic N) is 1. The van der Waals surface area contributed by atoms with Crippen LogP contribution in [0.1, 0.15) is 5.56 Å². The first-order valence-corrected chi connectivity index (χ1v) is 6.70. The summed E-state index contributed by atoms with van der Waals surface area (Å²) in [6.45, 7) is 0.488. The summed E-state index contributed by atoms with van der Waals surface area (Å²) in [4.78, 5) is 13.6. The monoisotopic (exact) mass is 289 g/mol. The Bertz CT molecular complexity index is 572. The number of hydrogen-bond acceptors (Lipinski definition) is 2. The third-order valence-electron chi connectivity index (χ3n) is 2.90. The first kappa shape index (κ1) is 14.4. The second-order valence-corrected chi connectivity index (χ2v) is 4.85. The Balaban J connectivity index is 1.88. The minimum Gasteiger partial charge on any atom is -0.484 e. The lowest BCUT2D eigenvalue weighted by molar-refractivity contribution is -0.132. The molecule has 2 aromatic carbocycles. The molecule has 20 heavy (non-hydrogen) atoms. The highest BCUT2D eigenvalue weighted by Gasteiger charge is 2.11. The van der Waals surface area contributed by atoms with E-state index >= 15 is 0 Å². The van der Waals surface area contributed by atoms with Gasteiger partial charge in [-0.3, -0.25) is 4.79 Å². The molecule has 2 aromatic rings. The molecule has 0 aliphatic carbocycles. The van der Waals surface area contributed by atoms with Gasteiger partial charge in [-0.1, -0.05) is 48.0 Å². The quantitative estimate of drug-likeness (QED) is 0.844. The molecule has 1 amide bonds. The van der Waals surface area contributed by atoms with Crippen LogP contribution in [0.3, 0.4) is 0 Å². The van der Waals surface area contributed by atoms with Crippen molar-refractivity contribution in [3.05, 3.63) is 65.2 Å². The highest BCUT2D eigenvalue weighted by molar-refractivity contribution is 6.31. The topological polar surface area (TPSA) is 29.5 Å². The lowest BCUT2D eigenvalue weighted by Crippen LogP contribution is -2.31. The number of carbonyl (C=O) groups is 1. The molecule has 0 aromatic heterocycles. The van der Waals surface area contributed by atoms with Crippen molar-refractivity contribution in [2.24, 2.45) is 0 Å². The molecular formula is C16H16ClNO2. The average Bonchev–Trinajstić information content (AvgIpc) is 2.48. The van der Waals surface area contributed by atoms with Crippen molar-refractivity contribution in [1.29, 1.82) is 0 Å². The minimum atomic E-state index is -0.0891. The number of para-hydroxylation sites is 1. The van der Waals surface area contributed by atoms with E-state index in [9.17, 15) is 4.79 Å². The number of carbonyl (C=O) groups excluding carboxylic acids is 1. The molecule has 0 saturated heterocycles. The van der Waals surface area contributed by atoms with Crippen LogP contribution in [0, 0.1) is 0 Å². The van der Waals surface area contributed by atoms with Crippen LogP contribution in [-0.4, -0.2) is 24.5 Å². The molecule has 0 unspecified atom stereocenters. The van der Waals surface area contributed by atoms with Crippen molar-refractivity contribution in [3.8, 4) is 5.75 Å². The largest absolute Gasteiger partial charge is 0.484 e. The Hall–Kier alpha value is -2.00. The fraction of sp³-hybridized carbons (Fsp3) is 0.188. The summed E-state index contributed by atoms with van der Waals surface area (Å²) >= 11 is 6.08. The van der Waals surface area contributed by atoms with Gasteiger partial charge in [-0.15, -0.1) is 0 Å².